The number of ether oxygens (including phenoxy) is 1. The van der Waals surface area contributed by atoms with Crippen molar-refractivity contribution < 1.29 is 22.7 Å². The Balaban J connectivity index is 1.34. The second-order valence-electron chi connectivity index (χ2n) is 9.35. The highest BCUT2D eigenvalue weighted by Gasteiger charge is 2.28. The summed E-state index contributed by atoms with van der Waals surface area (Å²) in [6, 6.07) is 10.2. The Hall–Kier alpha value is -3.96. The standard InChI is InChI=1S/C27H25F3N6O2/c28-16-5-7-36-22(12-32-25(36)9-16)18-1-3-20(26-19(18)10-33-27(26)37)34-24-4-2-17(15-6-8-38-14-15)21(35-24)11-31-13-23(29)30/h1-5,7,9,12,15,23,31H,6,8,10-11,13-14H2,(H,33,37)(H,34,35). The van der Waals surface area contributed by atoms with Crippen molar-refractivity contribution in [3.05, 3.63) is 77.0 Å². The summed E-state index contributed by atoms with van der Waals surface area (Å²) in [6.07, 6.45) is 1.66. The molecule has 1 aromatic carbocycles. The number of hydrogen-bond donors (Lipinski definition) is 3. The van der Waals surface area contributed by atoms with Crippen LogP contribution in [0.1, 0.15) is 39.5 Å². The smallest absolute Gasteiger partial charge is 0.254 e. The van der Waals surface area contributed by atoms with Crippen molar-refractivity contribution in [1.82, 2.24) is 25.0 Å². The molecule has 3 aromatic heterocycles. The summed E-state index contributed by atoms with van der Waals surface area (Å²) in [6.45, 7) is 1.33. The summed E-state index contributed by atoms with van der Waals surface area (Å²) >= 11 is 0. The third-order valence-electron chi connectivity index (χ3n) is 6.95. The van der Waals surface area contributed by atoms with Crippen LogP contribution in [-0.2, 0) is 17.8 Å². The molecule has 2 aliphatic rings. The largest absolute Gasteiger partial charge is 0.381 e. The maximum Gasteiger partial charge on any atom is 0.254 e. The molecule has 38 heavy (non-hydrogen) atoms. The van der Waals surface area contributed by atoms with E-state index in [0.717, 1.165) is 28.8 Å². The second kappa shape index (κ2) is 10.1. The zero-order chi connectivity index (χ0) is 26.2. The molecule has 1 amide bonds. The molecule has 0 saturated carbocycles. The van der Waals surface area contributed by atoms with E-state index in [9.17, 15) is 18.0 Å². The quantitative estimate of drug-likeness (QED) is 0.318. The fraction of sp³-hybridized carbons (Fsp3) is 0.296. The molecular formula is C27H25F3N6O2. The predicted molar refractivity (Wildman–Crippen MR) is 135 cm³/mol. The number of carbonyl (C=O) groups excluding carboxylic acids is 1. The van der Waals surface area contributed by atoms with Crippen molar-refractivity contribution in [3.8, 4) is 11.3 Å². The van der Waals surface area contributed by atoms with Gasteiger partial charge in [-0.05, 0) is 35.7 Å². The number of alkyl halides is 2. The first-order valence-corrected chi connectivity index (χ1v) is 12.4. The Kier molecular flexibility index (Phi) is 6.46. The van der Waals surface area contributed by atoms with Gasteiger partial charge in [-0.2, -0.15) is 0 Å². The maximum atomic E-state index is 13.7. The molecule has 1 unspecified atom stereocenters. The van der Waals surface area contributed by atoms with E-state index in [4.69, 9.17) is 9.72 Å². The van der Waals surface area contributed by atoms with Gasteiger partial charge in [0, 0.05) is 43.4 Å². The van der Waals surface area contributed by atoms with Crippen molar-refractivity contribution in [2.75, 3.05) is 25.1 Å². The SMILES string of the molecule is O=C1NCc2c(-c3cnc4cc(F)ccn34)ccc(Nc3ccc(C4CCOC4)c(CNCC(F)F)n3)c21. The second-order valence-corrected chi connectivity index (χ2v) is 9.35. The van der Waals surface area contributed by atoms with E-state index < -0.39 is 13.0 Å². The summed E-state index contributed by atoms with van der Waals surface area (Å²) in [5, 5.41) is 8.91. The third-order valence-corrected chi connectivity index (χ3v) is 6.95. The van der Waals surface area contributed by atoms with E-state index in [1.807, 2.05) is 18.2 Å². The van der Waals surface area contributed by atoms with Crippen LogP contribution in [0.2, 0.25) is 0 Å². The number of nitrogens with zero attached hydrogens (tertiary/aromatic N) is 3. The van der Waals surface area contributed by atoms with Crippen molar-refractivity contribution in [1.29, 1.82) is 0 Å². The normalized spacial score (nSPS) is 16.8. The molecule has 0 bridgehead atoms. The summed E-state index contributed by atoms with van der Waals surface area (Å²) in [5.41, 5.74) is 5.53. The lowest BCUT2D eigenvalue weighted by atomic mass is 9.96. The molecule has 196 valence electrons. The van der Waals surface area contributed by atoms with Crippen LogP contribution in [0.4, 0.5) is 24.7 Å². The predicted octanol–water partition coefficient (Wildman–Crippen LogP) is 4.38. The van der Waals surface area contributed by atoms with Gasteiger partial charge in [-0.1, -0.05) is 12.1 Å². The van der Waals surface area contributed by atoms with Crippen molar-refractivity contribution in [3.63, 3.8) is 0 Å². The molecular weight excluding hydrogens is 497 g/mol. The third kappa shape index (κ3) is 4.59. The molecule has 2 aliphatic heterocycles. The van der Waals surface area contributed by atoms with E-state index >= 15 is 0 Å². The minimum Gasteiger partial charge on any atom is -0.381 e. The highest BCUT2D eigenvalue weighted by atomic mass is 19.3. The van der Waals surface area contributed by atoms with Gasteiger partial charge in [0.1, 0.15) is 17.3 Å². The number of hydrogen-bond acceptors (Lipinski definition) is 6. The van der Waals surface area contributed by atoms with E-state index in [-0.39, 0.29) is 24.2 Å². The lowest BCUT2D eigenvalue weighted by Crippen LogP contribution is -2.23. The number of carbonyl (C=O) groups is 1. The molecule has 11 heteroatoms. The minimum atomic E-state index is -2.46. The molecule has 4 aromatic rings. The molecule has 1 fully saturated rings. The first-order chi connectivity index (χ1) is 18.5. The summed E-state index contributed by atoms with van der Waals surface area (Å²) < 4.78 is 46.4. The molecule has 1 saturated heterocycles. The lowest BCUT2D eigenvalue weighted by Gasteiger charge is -2.17. The number of imidazole rings is 1. The average molecular weight is 523 g/mol. The molecule has 6 rings (SSSR count). The number of benzene rings is 1. The molecule has 0 aliphatic carbocycles. The topological polar surface area (TPSA) is 92.6 Å². The first-order valence-electron chi connectivity index (χ1n) is 12.4. The van der Waals surface area contributed by atoms with Crippen LogP contribution in [0.3, 0.4) is 0 Å². The fourth-order valence-electron chi connectivity index (χ4n) is 5.16. The van der Waals surface area contributed by atoms with Gasteiger partial charge in [-0.3, -0.25) is 9.20 Å². The van der Waals surface area contributed by atoms with E-state index in [0.29, 0.717) is 48.2 Å². The number of aromatic nitrogens is 3. The van der Waals surface area contributed by atoms with Gasteiger partial charge in [0.2, 0.25) is 0 Å². The number of fused-ring (bicyclic) bond motifs is 2. The maximum absolute atomic E-state index is 13.7. The molecule has 1 atom stereocenters. The van der Waals surface area contributed by atoms with Crippen LogP contribution in [0.15, 0.2) is 48.8 Å². The zero-order valence-electron chi connectivity index (χ0n) is 20.3. The molecule has 5 heterocycles. The summed E-state index contributed by atoms with van der Waals surface area (Å²) in [7, 11) is 0. The van der Waals surface area contributed by atoms with Gasteiger partial charge in [0.05, 0.1) is 42.0 Å². The Morgan fingerprint density at radius 3 is 2.92 bits per heavy atom. The van der Waals surface area contributed by atoms with E-state index in [1.165, 1.54) is 12.1 Å². The van der Waals surface area contributed by atoms with Crippen molar-refractivity contribution in [2.24, 2.45) is 0 Å². The Bertz CT molecular complexity index is 1520. The lowest BCUT2D eigenvalue weighted by molar-refractivity contribution is 0.0966. The summed E-state index contributed by atoms with van der Waals surface area (Å²) in [5.74, 6) is 0.0661. The first kappa shape index (κ1) is 24.4. The van der Waals surface area contributed by atoms with Crippen LogP contribution in [0, 0.1) is 5.82 Å². The molecule has 3 N–H and O–H groups in total. The average Bonchev–Trinajstić information content (AvgIpc) is 3.65. The number of anilines is 2. The zero-order valence-corrected chi connectivity index (χ0v) is 20.3. The highest BCUT2D eigenvalue weighted by Crippen LogP contribution is 2.36. The Morgan fingerprint density at radius 2 is 2.11 bits per heavy atom. The fourth-order valence-corrected chi connectivity index (χ4v) is 5.16. The van der Waals surface area contributed by atoms with Gasteiger partial charge in [0.25, 0.3) is 12.3 Å². The van der Waals surface area contributed by atoms with Crippen molar-refractivity contribution >= 4 is 23.1 Å². The number of rotatable bonds is 8. The van der Waals surface area contributed by atoms with Gasteiger partial charge in [-0.25, -0.2) is 23.1 Å². The Morgan fingerprint density at radius 1 is 1.21 bits per heavy atom. The number of pyridine rings is 2. The minimum absolute atomic E-state index is 0.160. The summed E-state index contributed by atoms with van der Waals surface area (Å²) in [4.78, 5) is 21.9. The van der Waals surface area contributed by atoms with E-state index in [2.05, 4.69) is 20.9 Å². The molecule has 8 nitrogen and oxygen atoms in total. The number of halogens is 3. The van der Waals surface area contributed by atoms with Gasteiger partial charge >= 0.3 is 0 Å². The Labute approximate surface area is 216 Å². The van der Waals surface area contributed by atoms with Crippen molar-refractivity contribution in [2.45, 2.75) is 31.9 Å². The van der Waals surface area contributed by atoms with Crippen LogP contribution in [0.25, 0.3) is 16.9 Å². The monoisotopic (exact) mass is 522 g/mol. The molecule has 0 spiro atoms. The van der Waals surface area contributed by atoms with Crippen LogP contribution in [-0.4, -0.2) is 46.5 Å². The van der Waals surface area contributed by atoms with Crippen LogP contribution < -0.4 is 16.0 Å². The molecule has 0 radical (unpaired) electrons. The van der Waals surface area contributed by atoms with Crippen LogP contribution in [0.5, 0.6) is 0 Å². The number of nitrogens with one attached hydrogen (secondary N) is 3. The van der Waals surface area contributed by atoms with E-state index in [1.54, 1.807) is 22.9 Å². The van der Waals surface area contributed by atoms with Gasteiger partial charge in [0.15, 0.2) is 0 Å². The van der Waals surface area contributed by atoms with Gasteiger partial charge in [-0.15, -0.1) is 0 Å². The van der Waals surface area contributed by atoms with Crippen LogP contribution >= 0.6 is 0 Å². The van der Waals surface area contributed by atoms with Gasteiger partial charge < -0.3 is 20.7 Å². The number of amides is 1. The highest BCUT2D eigenvalue weighted by molar-refractivity contribution is 6.06.